The first-order chi connectivity index (χ1) is 12.4. The Morgan fingerprint density at radius 3 is 2.85 bits per heavy atom. The lowest BCUT2D eigenvalue weighted by Crippen LogP contribution is -2.39. The average Bonchev–Trinajstić information content (AvgIpc) is 3.01. The second-order valence-electron chi connectivity index (χ2n) is 6.08. The van der Waals surface area contributed by atoms with Gasteiger partial charge in [0.15, 0.2) is 5.58 Å². The molecular formula is C17H19N5O4. The molecule has 0 bridgehead atoms. The van der Waals surface area contributed by atoms with Crippen LogP contribution in [0.25, 0.3) is 11.1 Å². The number of fused-ring (bicyclic) bond motifs is 1. The molecule has 9 nitrogen and oxygen atoms in total. The molecule has 0 aliphatic rings. The minimum atomic E-state index is -0.605. The van der Waals surface area contributed by atoms with Crippen LogP contribution in [0.15, 0.2) is 38.4 Å². The molecule has 0 saturated carbocycles. The first kappa shape index (κ1) is 17.5. The summed E-state index contributed by atoms with van der Waals surface area (Å²) in [5.74, 6) is -0.520. The number of rotatable bonds is 5. The molecule has 1 amide bonds. The number of oxazole rings is 1. The van der Waals surface area contributed by atoms with Gasteiger partial charge in [-0.25, -0.2) is 9.78 Å². The zero-order valence-corrected chi connectivity index (χ0v) is 14.6. The third kappa shape index (κ3) is 3.37. The van der Waals surface area contributed by atoms with Crippen LogP contribution in [0.4, 0.5) is 5.95 Å². The summed E-state index contributed by atoms with van der Waals surface area (Å²) in [6.07, 6.45) is 1.48. The minimum absolute atomic E-state index is 0.206. The molecule has 0 aliphatic carbocycles. The number of H-pyrrole nitrogens is 2. The molecule has 1 aromatic carbocycles. The Balaban J connectivity index is 1.73. The number of nitrogens with zero attached hydrogens (tertiary/aromatic N) is 2. The van der Waals surface area contributed by atoms with E-state index in [1.807, 2.05) is 6.92 Å². The van der Waals surface area contributed by atoms with E-state index in [1.54, 1.807) is 37.1 Å². The van der Waals surface area contributed by atoms with Crippen LogP contribution in [0.1, 0.15) is 22.8 Å². The van der Waals surface area contributed by atoms with E-state index in [-0.39, 0.29) is 17.5 Å². The molecule has 3 N–H and O–H groups in total. The van der Waals surface area contributed by atoms with Crippen LogP contribution in [0.5, 0.6) is 0 Å². The van der Waals surface area contributed by atoms with E-state index in [9.17, 15) is 14.4 Å². The molecule has 136 valence electrons. The van der Waals surface area contributed by atoms with Gasteiger partial charge in [0.25, 0.3) is 11.5 Å². The van der Waals surface area contributed by atoms with Gasteiger partial charge in [-0.3, -0.25) is 19.6 Å². The second-order valence-corrected chi connectivity index (χ2v) is 6.08. The summed E-state index contributed by atoms with van der Waals surface area (Å²) in [4.78, 5) is 46.6. The fraction of sp³-hybridized carbons (Fsp3) is 0.294. The summed E-state index contributed by atoms with van der Waals surface area (Å²) in [7, 11) is 1.66. The summed E-state index contributed by atoms with van der Waals surface area (Å²) in [6.45, 7) is 3.91. The lowest BCUT2D eigenvalue weighted by molar-refractivity contribution is 0.0752. The molecule has 3 aromatic rings. The van der Waals surface area contributed by atoms with Crippen molar-refractivity contribution >= 4 is 23.0 Å². The molecule has 0 aliphatic heterocycles. The fourth-order valence-electron chi connectivity index (χ4n) is 2.47. The molecule has 9 heteroatoms. The number of aromatic amines is 2. The predicted octanol–water partition coefficient (Wildman–Crippen LogP) is 1.09. The van der Waals surface area contributed by atoms with Crippen molar-refractivity contribution in [3.63, 3.8) is 0 Å². The molecular weight excluding hydrogens is 338 g/mol. The Bertz CT molecular complexity index is 1060. The average molecular weight is 357 g/mol. The van der Waals surface area contributed by atoms with Crippen molar-refractivity contribution in [3.8, 4) is 0 Å². The zero-order chi connectivity index (χ0) is 18.8. The van der Waals surface area contributed by atoms with Crippen LogP contribution in [-0.2, 0) is 0 Å². The summed E-state index contributed by atoms with van der Waals surface area (Å²) in [6, 6.07) is 4.70. The van der Waals surface area contributed by atoms with E-state index in [2.05, 4.69) is 20.3 Å². The van der Waals surface area contributed by atoms with Gasteiger partial charge in [-0.1, -0.05) is 6.07 Å². The van der Waals surface area contributed by atoms with E-state index in [4.69, 9.17) is 4.42 Å². The van der Waals surface area contributed by atoms with Crippen molar-refractivity contribution in [2.24, 2.45) is 0 Å². The molecule has 3 rings (SSSR count). The number of hydrogen-bond donors (Lipinski definition) is 3. The van der Waals surface area contributed by atoms with Crippen LogP contribution >= 0.6 is 0 Å². The van der Waals surface area contributed by atoms with Crippen molar-refractivity contribution in [2.75, 3.05) is 18.9 Å². The Labute approximate surface area is 148 Å². The number of benzene rings is 1. The Morgan fingerprint density at radius 2 is 2.12 bits per heavy atom. The van der Waals surface area contributed by atoms with Gasteiger partial charge in [-0.15, -0.1) is 0 Å². The summed E-state index contributed by atoms with van der Waals surface area (Å²) in [5.41, 5.74) is 1.37. The van der Waals surface area contributed by atoms with E-state index >= 15 is 0 Å². The van der Waals surface area contributed by atoms with Crippen LogP contribution in [-0.4, -0.2) is 45.4 Å². The van der Waals surface area contributed by atoms with Gasteiger partial charge in [0.2, 0.25) is 5.95 Å². The maximum Gasteiger partial charge on any atom is 0.417 e. The molecule has 0 fully saturated rings. The van der Waals surface area contributed by atoms with Crippen molar-refractivity contribution in [2.45, 2.75) is 19.9 Å². The number of amides is 1. The van der Waals surface area contributed by atoms with Gasteiger partial charge in [0, 0.05) is 31.4 Å². The number of carbonyl (C=O) groups excluding carboxylic acids is 1. The van der Waals surface area contributed by atoms with Crippen molar-refractivity contribution in [3.05, 3.63) is 56.4 Å². The van der Waals surface area contributed by atoms with Crippen LogP contribution in [0.3, 0.4) is 0 Å². The smallest absolute Gasteiger partial charge is 0.408 e. The molecule has 0 radical (unpaired) electrons. The van der Waals surface area contributed by atoms with Gasteiger partial charge in [-0.05, 0) is 26.0 Å². The summed E-state index contributed by atoms with van der Waals surface area (Å²) in [5, 5.41) is 3.00. The maximum atomic E-state index is 12.8. The van der Waals surface area contributed by atoms with Gasteiger partial charge < -0.3 is 14.6 Å². The number of nitrogens with one attached hydrogen (secondary N) is 3. The molecule has 1 unspecified atom stereocenters. The van der Waals surface area contributed by atoms with Crippen molar-refractivity contribution < 1.29 is 9.21 Å². The van der Waals surface area contributed by atoms with Gasteiger partial charge >= 0.3 is 5.76 Å². The highest BCUT2D eigenvalue weighted by atomic mass is 16.4. The van der Waals surface area contributed by atoms with Crippen LogP contribution in [0, 0.1) is 6.92 Å². The topological polar surface area (TPSA) is 124 Å². The highest BCUT2D eigenvalue weighted by Crippen LogP contribution is 2.17. The lowest BCUT2D eigenvalue weighted by atomic mass is 10.1. The highest BCUT2D eigenvalue weighted by molar-refractivity contribution is 6.04. The standard InChI is InChI=1S/C17H19N5O4/c1-9-7-18-16(21-14(9)23)19-8-10(2)22(3)15(24)11-5-4-6-12-13(11)20-17(25)26-12/h4-7,10H,8H2,1-3H3,(H,20,25)(H2,18,19,21,23). The minimum Gasteiger partial charge on any atom is -0.408 e. The number of hydrogen-bond acceptors (Lipinski definition) is 6. The molecule has 0 spiro atoms. The Kier molecular flexibility index (Phi) is 4.61. The zero-order valence-electron chi connectivity index (χ0n) is 14.6. The SMILES string of the molecule is Cc1cnc(NCC(C)N(C)C(=O)c2cccc3oc(=O)[nH]c23)[nH]c1=O. The highest BCUT2D eigenvalue weighted by Gasteiger charge is 2.21. The van der Waals surface area contributed by atoms with E-state index in [0.29, 0.717) is 34.7 Å². The van der Waals surface area contributed by atoms with Gasteiger partial charge in [0.1, 0.15) is 0 Å². The quantitative estimate of drug-likeness (QED) is 0.628. The number of aromatic nitrogens is 3. The number of carbonyl (C=O) groups is 1. The third-order valence-electron chi connectivity index (χ3n) is 4.21. The monoisotopic (exact) mass is 357 g/mol. The first-order valence-electron chi connectivity index (χ1n) is 8.05. The first-order valence-corrected chi connectivity index (χ1v) is 8.05. The van der Waals surface area contributed by atoms with E-state index < -0.39 is 5.76 Å². The van der Waals surface area contributed by atoms with Gasteiger partial charge in [-0.2, -0.15) is 0 Å². The number of anilines is 1. The number of likely N-dealkylation sites (N-methyl/N-ethyl adjacent to an activating group) is 1. The van der Waals surface area contributed by atoms with E-state index in [0.717, 1.165) is 0 Å². The number of para-hydroxylation sites is 1. The third-order valence-corrected chi connectivity index (χ3v) is 4.21. The Morgan fingerprint density at radius 1 is 1.35 bits per heavy atom. The fourth-order valence-corrected chi connectivity index (χ4v) is 2.47. The normalized spacial score (nSPS) is 12.1. The summed E-state index contributed by atoms with van der Waals surface area (Å²) < 4.78 is 4.99. The van der Waals surface area contributed by atoms with Crippen molar-refractivity contribution in [1.82, 2.24) is 19.9 Å². The largest absolute Gasteiger partial charge is 0.417 e. The number of aryl methyl sites for hydroxylation is 1. The molecule has 2 aromatic heterocycles. The van der Waals surface area contributed by atoms with Crippen LogP contribution < -0.4 is 16.6 Å². The van der Waals surface area contributed by atoms with E-state index in [1.165, 1.54) is 6.20 Å². The molecule has 0 saturated heterocycles. The Hall–Kier alpha value is -3.36. The maximum absolute atomic E-state index is 12.8. The lowest BCUT2D eigenvalue weighted by Gasteiger charge is -2.25. The van der Waals surface area contributed by atoms with Crippen molar-refractivity contribution in [1.29, 1.82) is 0 Å². The summed E-state index contributed by atoms with van der Waals surface area (Å²) >= 11 is 0. The predicted molar refractivity (Wildman–Crippen MR) is 96.5 cm³/mol. The molecule has 1 atom stereocenters. The van der Waals surface area contributed by atoms with Crippen LogP contribution in [0.2, 0.25) is 0 Å². The van der Waals surface area contributed by atoms with Gasteiger partial charge in [0.05, 0.1) is 11.1 Å². The molecule has 26 heavy (non-hydrogen) atoms. The second kappa shape index (κ2) is 6.87. The molecule has 2 heterocycles.